The summed E-state index contributed by atoms with van der Waals surface area (Å²) in [6.07, 6.45) is 7.23. The van der Waals surface area contributed by atoms with Crippen molar-refractivity contribution in [2.45, 2.75) is 71.3 Å². The van der Waals surface area contributed by atoms with E-state index in [9.17, 15) is 4.79 Å². The average Bonchev–Trinajstić information content (AvgIpc) is 2.70. The van der Waals surface area contributed by atoms with Crippen molar-refractivity contribution in [2.75, 3.05) is 11.4 Å². The van der Waals surface area contributed by atoms with E-state index in [0.29, 0.717) is 6.04 Å². The van der Waals surface area contributed by atoms with E-state index in [4.69, 9.17) is 4.98 Å². The molecule has 1 aliphatic heterocycles. The lowest BCUT2D eigenvalue weighted by Crippen LogP contribution is -2.34. The number of hydrogen-bond donors (Lipinski definition) is 0. The minimum Gasteiger partial charge on any atom is -0.345 e. The fourth-order valence-electron chi connectivity index (χ4n) is 2.91. The molecular weight excluding hydrogens is 268 g/mol. The van der Waals surface area contributed by atoms with Crippen molar-refractivity contribution >= 4 is 22.8 Å². The number of carbonyl (C=O) groups excluding carboxylic acids is 1. The molecule has 0 N–H and O–H groups in total. The van der Waals surface area contributed by atoms with Crippen LogP contribution in [0.4, 0.5) is 5.13 Å². The van der Waals surface area contributed by atoms with Crippen LogP contribution in [0.2, 0.25) is 0 Å². The molecule has 4 heteroatoms. The summed E-state index contributed by atoms with van der Waals surface area (Å²) in [5.74, 6) is 0. The summed E-state index contributed by atoms with van der Waals surface area (Å²) in [6.45, 7) is 9.70. The van der Waals surface area contributed by atoms with E-state index in [2.05, 4.69) is 32.6 Å². The summed E-state index contributed by atoms with van der Waals surface area (Å²) in [5.41, 5.74) is 0.880. The van der Waals surface area contributed by atoms with Crippen LogP contribution < -0.4 is 4.90 Å². The van der Waals surface area contributed by atoms with Gasteiger partial charge in [-0.15, -0.1) is 0 Å². The van der Waals surface area contributed by atoms with E-state index in [1.165, 1.54) is 25.7 Å². The van der Waals surface area contributed by atoms with Crippen LogP contribution >= 0.6 is 11.3 Å². The summed E-state index contributed by atoms with van der Waals surface area (Å²) in [6, 6.07) is 0.580. The molecule has 0 saturated carbocycles. The highest BCUT2D eigenvalue weighted by Gasteiger charge is 2.27. The van der Waals surface area contributed by atoms with Gasteiger partial charge in [-0.25, -0.2) is 4.98 Å². The smallest absolute Gasteiger partial charge is 0.186 e. The van der Waals surface area contributed by atoms with E-state index in [0.717, 1.165) is 35.0 Å². The fraction of sp³-hybridized carbons (Fsp3) is 0.750. The Kier molecular flexibility index (Phi) is 4.84. The van der Waals surface area contributed by atoms with Gasteiger partial charge < -0.3 is 4.90 Å². The molecule has 0 aromatic carbocycles. The van der Waals surface area contributed by atoms with E-state index < -0.39 is 0 Å². The maximum Gasteiger partial charge on any atom is 0.186 e. The van der Waals surface area contributed by atoms with E-state index in [-0.39, 0.29) is 5.41 Å². The standard InChI is InChI=1S/C16H26N2OS/c1-5-12-9-7-6-8-10-18(12)15-17-14(16(2,3)4)13(11-19)20-15/h11-12H,5-10H2,1-4H3. The molecule has 2 rings (SSSR count). The van der Waals surface area contributed by atoms with Gasteiger partial charge in [-0.2, -0.15) is 0 Å². The minimum absolute atomic E-state index is 0.0709. The average molecular weight is 294 g/mol. The lowest BCUT2D eigenvalue weighted by molar-refractivity contribution is 0.112. The molecule has 0 bridgehead atoms. The normalized spacial score (nSPS) is 20.8. The fourth-order valence-corrected chi connectivity index (χ4v) is 4.10. The van der Waals surface area contributed by atoms with Gasteiger partial charge in [0, 0.05) is 18.0 Å². The predicted octanol–water partition coefficient (Wildman–Crippen LogP) is 4.41. The van der Waals surface area contributed by atoms with E-state index in [1.54, 1.807) is 11.3 Å². The van der Waals surface area contributed by atoms with Crippen LogP contribution in [0.3, 0.4) is 0 Å². The Bertz CT molecular complexity index is 462. The Morgan fingerprint density at radius 1 is 1.35 bits per heavy atom. The highest BCUT2D eigenvalue weighted by Crippen LogP contribution is 2.35. The third kappa shape index (κ3) is 3.22. The second-order valence-corrected chi connectivity index (χ2v) is 7.69. The largest absolute Gasteiger partial charge is 0.345 e. The Hall–Kier alpha value is -0.900. The molecule has 1 fully saturated rings. The van der Waals surface area contributed by atoms with Gasteiger partial charge >= 0.3 is 0 Å². The van der Waals surface area contributed by atoms with Crippen LogP contribution in [0.15, 0.2) is 0 Å². The molecule has 1 aromatic rings. The van der Waals surface area contributed by atoms with Gasteiger partial charge in [0.1, 0.15) is 0 Å². The number of nitrogens with zero attached hydrogens (tertiary/aromatic N) is 2. The number of aromatic nitrogens is 1. The van der Waals surface area contributed by atoms with Crippen LogP contribution in [-0.2, 0) is 5.41 Å². The van der Waals surface area contributed by atoms with Gasteiger partial charge in [0.15, 0.2) is 11.4 Å². The molecule has 0 aliphatic carbocycles. The summed E-state index contributed by atoms with van der Waals surface area (Å²) in [4.78, 5) is 19.4. The second-order valence-electron chi connectivity index (χ2n) is 6.68. The number of anilines is 1. The van der Waals surface area contributed by atoms with Crippen molar-refractivity contribution in [1.29, 1.82) is 0 Å². The Morgan fingerprint density at radius 2 is 2.10 bits per heavy atom. The number of hydrogen-bond acceptors (Lipinski definition) is 4. The zero-order valence-corrected chi connectivity index (χ0v) is 13.9. The monoisotopic (exact) mass is 294 g/mol. The quantitative estimate of drug-likeness (QED) is 0.774. The molecule has 2 heterocycles. The first-order valence-electron chi connectivity index (χ1n) is 7.70. The lowest BCUT2D eigenvalue weighted by atomic mass is 9.91. The number of thiazole rings is 1. The Balaban J connectivity index is 2.35. The zero-order chi connectivity index (χ0) is 14.8. The zero-order valence-electron chi connectivity index (χ0n) is 13.1. The molecule has 3 nitrogen and oxygen atoms in total. The lowest BCUT2D eigenvalue weighted by Gasteiger charge is -2.29. The summed E-state index contributed by atoms with van der Waals surface area (Å²) in [7, 11) is 0. The maximum absolute atomic E-state index is 11.3. The third-order valence-electron chi connectivity index (χ3n) is 4.05. The molecular formula is C16H26N2OS. The van der Waals surface area contributed by atoms with Crippen LogP contribution in [-0.4, -0.2) is 23.9 Å². The molecule has 1 aromatic heterocycles. The first-order valence-corrected chi connectivity index (χ1v) is 8.52. The second kappa shape index (κ2) is 6.25. The number of rotatable bonds is 3. The summed E-state index contributed by atoms with van der Waals surface area (Å²) < 4.78 is 0. The van der Waals surface area contributed by atoms with Gasteiger partial charge in [0.25, 0.3) is 0 Å². The maximum atomic E-state index is 11.3. The highest BCUT2D eigenvalue weighted by molar-refractivity contribution is 7.17. The predicted molar refractivity (Wildman–Crippen MR) is 86.1 cm³/mol. The van der Waals surface area contributed by atoms with Crippen LogP contribution in [0.25, 0.3) is 0 Å². The summed E-state index contributed by atoms with van der Waals surface area (Å²) >= 11 is 1.57. The van der Waals surface area contributed by atoms with Crippen molar-refractivity contribution in [3.8, 4) is 0 Å². The molecule has 0 amide bonds. The van der Waals surface area contributed by atoms with Crippen molar-refractivity contribution in [3.63, 3.8) is 0 Å². The first kappa shape index (κ1) is 15.5. The van der Waals surface area contributed by atoms with Crippen molar-refractivity contribution in [1.82, 2.24) is 4.98 Å². The summed E-state index contributed by atoms with van der Waals surface area (Å²) in [5, 5.41) is 1.05. The van der Waals surface area contributed by atoms with Gasteiger partial charge in [-0.1, -0.05) is 51.9 Å². The van der Waals surface area contributed by atoms with Crippen LogP contribution in [0.5, 0.6) is 0 Å². The van der Waals surface area contributed by atoms with Gasteiger partial charge in [-0.05, 0) is 19.3 Å². The molecule has 20 heavy (non-hydrogen) atoms. The molecule has 112 valence electrons. The molecule has 1 saturated heterocycles. The molecule has 0 spiro atoms. The van der Waals surface area contributed by atoms with Crippen molar-refractivity contribution in [2.24, 2.45) is 0 Å². The molecule has 1 aliphatic rings. The first-order chi connectivity index (χ1) is 9.47. The minimum atomic E-state index is -0.0709. The molecule has 1 atom stereocenters. The van der Waals surface area contributed by atoms with Crippen molar-refractivity contribution in [3.05, 3.63) is 10.6 Å². The highest BCUT2D eigenvalue weighted by atomic mass is 32.1. The van der Waals surface area contributed by atoms with Crippen LogP contribution in [0.1, 0.15) is 75.2 Å². The van der Waals surface area contributed by atoms with E-state index >= 15 is 0 Å². The molecule has 1 unspecified atom stereocenters. The third-order valence-corrected chi connectivity index (χ3v) is 5.07. The van der Waals surface area contributed by atoms with Crippen LogP contribution in [0, 0.1) is 0 Å². The van der Waals surface area contributed by atoms with E-state index in [1.807, 2.05) is 0 Å². The number of carbonyl (C=O) groups is 1. The van der Waals surface area contributed by atoms with Gasteiger partial charge in [0.05, 0.1) is 10.6 Å². The van der Waals surface area contributed by atoms with Gasteiger partial charge in [-0.3, -0.25) is 4.79 Å². The van der Waals surface area contributed by atoms with Crippen molar-refractivity contribution < 1.29 is 4.79 Å². The Labute approximate surface area is 126 Å². The Morgan fingerprint density at radius 3 is 2.65 bits per heavy atom. The molecule has 0 radical (unpaired) electrons. The van der Waals surface area contributed by atoms with Gasteiger partial charge in [0.2, 0.25) is 0 Å². The number of aldehydes is 1. The topological polar surface area (TPSA) is 33.2 Å². The SMILES string of the molecule is CCC1CCCCCN1c1nc(C(C)(C)C)c(C=O)s1.